The van der Waals surface area contributed by atoms with E-state index in [2.05, 4.69) is 4.74 Å². The number of benzene rings is 1. The zero-order valence-electron chi connectivity index (χ0n) is 13.8. The second-order valence-corrected chi connectivity index (χ2v) is 6.78. The van der Waals surface area contributed by atoms with Crippen LogP contribution in [0.1, 0.15) is 32.1 Å². The number of carbonyl (C=O) groups excluding carboxylic acids is 1. The lowest BCUT2D eigenvalue weighted by molar-refractivity contribution is -0.274. The van der Waals surface area contributed by atoms with E-state index in [-0.39, 0.29) is 23.6 Å². The van der Waals surface area contributed by atoms with E-state index in [9.17, 15) is 27.9 Å². The van der Waals surface area contributed by atoms with Gasteiger partial charge in [0.1, 0.15) is 11.3 Å². The first-order valence-electron chi connectivity index (χ1n) is 7.81. The lowest BCUT2D eigenvalue weighted by atomic mass is 9.79. The number of nitrogens with zero attached hydrogens (tertiary/aromatic N) is 1. The maximum Gasteiger partial charge on any atom is 0.573 e. The van der Waals surface area contributed by atoms with Gasteiger partial charge in [-0.3, -0.25) is 9.69 Å². The summed E-state index contributed by atoms with van der Waals surface area (Å²) in [5, 5.41) is 8.97. The minimum absolute atomic E-state index is 0.116. The zero-order valence-corrected chi connectivity index (χ0v) is 15.3. The van der Waals surface area contributed by atoms with Gasteiger partial charge >= 0.3 is 18.2 Å². The fourth-order valence-electron chi connectivity index (χ4n) is 3.16. The Bertz CT molecular complexity index is 799. The Morgan fingerprint density at radius 3 is 2.26 bits per heavy atom. The molecule has 1 aliphatic rings. The second kappa shape index (κ2) is 7.87. The highest BCUT2D eigenvalue weighted by Crippen LogP contribution is 2.44. The molecule has 1 fully saturated rings. The van der Waals surface area contributed by atoms with Crippen LogP contribution in [-0.2, 0) is 9.59 Å². The fourth-order valence-corrected chi connectivity index (χ4v) is 3.60. The molecule has 1 aromatic carbocycles. The van der Waals surface area contributed by atoms with Gasteiger partial charge < -0.3 is 9.84 Å². The number of halogens is 5. The van der Waals surface area contributed by atoms with Crippen molar-refractivity contribution in [2.45, 2.75) is 44.0 Å². The van der Waals surface area contributed by atoms with Crippen LogP contribution in [0.15, 0.2) is 12.1 Å². The molecule has 0 spiro atoms. The number of hydrogen-bond donors (Lipinski definition) is 1. The molecule has 146 valence electrons. The number of anilines is 1. The van der Waals surface area contributed by atoms with Crippen molar-refractivity contribution in [3.05, 3.63) is 22.2 Å². The first-order valence-corrected chi connectivity index (χ1v) is 8.56. The Morgan fingerprint density at radius 1 is 1.19 bits per heavy atom. The van der Waals surface area contributed by atoms with Crippen molar-refractivity contribution in [2.24, 2.45) is 0 Å². The Morgan fingerprint density at radius 2 is 1.78 bits per heavy atom. The van der Waals surface area contributed by atoms with Gasteiger partial charge in [0.2, 0.25) is 0 Å². The molecule has 0 bridgehead atoms. The smallest absolute Gasteiger partial charge is 0.479 e. The van der Waals surface area contributed by atoms with Crippen LogP contribution in [0.5, 0.6) is 5.75 Å². The number of carbonyl (C=O) groups is 2. The van der Waals surface area contributed by atoms with Gasteiger partial charge in [0.25, 0.3) is 0 Å². The topological polar surface area (TPSA) is 66.8 Å². The number of hydrogen-bond acceptors (Lipinski definition) is 3. The number of alkyl halides is 3. The van der Waals surface area contributed by atoms with Crippen molar-refractivity contribution >= 4 is 40.8 Å². The largest absolute Gasteiger partial charge is 0.573 e. The molecule has 1 amide bonds. The van der Waals surface area contributed by atoms with Gasteiger partial charge in [0.05, 0.1) is 15.7 Å². The van der Waals surface area contributed by atoms with Crippen molar-refractivity contribution in [1.29, 1.82) is 0 Å². The number of terminal acetylenes is 1. The van der Waals surface area contributed by atoms with Crippen LogP contribution in [0.3, 0.4) is 0 Å². The van der Waals surface area contributed by atoms with Crippen LogP contribution < -0.4 is 9.64 Å². The fraction of sp³-hybridized carbons (Fsp3) is 0.412. The van der Waals surface area contributed by atoms with Crippen LogP contribution in [0, 0.1) is 12.3 Å². The molecule has 0 heterocycles. The summed E-state index contributed by atoms with van der Waals surface area (Å²) in [5.74, 6) is -1.20. The van der Waals surface area contributed by atoms with Gasteiger partial charge in [-0.05, 0) is 24.8 Å². The van der Waals surface area contributed by atoms with Crippen LogP contribution >= 0.6 is 23.2 Å². The highest BCUT2D eigenvalue weighted by molar-refractivity contribution is 6.37. The normalized spacial score (nSPS) is 16.3. The quantitative estimate of drug-likeness (QED) is 0.715. The van der Waals surface area contributed by atoms with Crippen molar-refractivity contribution in [3.63, 3.8) is 0 Å². The Kier molecular flexibility index (Phi) is 6.17. The van der Waals surface area contributed by atoms with E-state index in [1.54, 1.807) is 0 Å². The summed E-state index contributed by atoms with van der Waals surface area (Å²) in [7, 11) is 0. The van der Waals surface area contributed by atoms with Crippen LogP contribution in [0.2, 0.25) is 10.0 Å². The average molecular weight is 424 g/mol. The lowest BCUT2D eigenvalue weighted by Gasteiger charge is -2.42. The van der Waals surface area contributed by atoms with Crippen molar-refractivity contribution in [1.82, 2.24) is 0 Å². The van der Waals surface area contributed by atoms with Gasteiger partial charge in [-0.25, -0.2) is 4.79 Å². The molecule has 0 aromatic heterocycles. The molecule has 0 atom stereocenters. The van der Waals surface area contributed by atoms with Crippen molar-refractivity contribution < 1.29 is 32.6 Å². The standard InChI is InChI=1S/C17H14Cl2F3NO4/c1-2-14(24)23(16(15(25)26)6-4-3-5-7-16)12-8-11(19)13(9-10(12)18)27-17(20,21)22/h1,8-9H,3-7H2,(H,25,26). The number of carboxylic acid groups (broad SMARTS) is 1. The van der Waals surface area contributed by atoms with E-state index in [1.165, 1.54) is 0 Å². The number of carboxylic acids is 1. The zero-order chi connectivity index (χ0) is 20.4. The van der Waals surface area contributed by atoms with Gasteiger partial charge in [0, 0.05) is 6.07 Å². The van der Waals surface area contributed by atoms with Gasteiger partial charge in [0.15, 0.2) is 0 Å². The number of aliphatic carboxylic acids is 1. The minimum atomic E-state index is -5.01. The van der Waals surface area contributed by atoms with E-state index in [0.717, 1.165) is 23.5 Å². The summed E-state index contributed by atoms with van der Waals surface area (Å²) in [6.45, 7) is 0. The number of amides is 1. The summed E-state index contributed by atoms with van der Waals surface area (Å²) in [4.78, 5) is 25.3. The molecule has 0 unspecified atom stereocenters. The van der Waals surface area contributed by atoms with Crippen LogP contribution in [-0.4, -0.2) is 28.9 Å². The highest BCUT2D eigenvalue weighted by atomic mass is 35.5. The molecule has 27 heavy (non-hydrogen) atoms. The van der Waals surface area contributed by atoms with Crippen LogP contribution in [0.25, 0.3) is 0 Å². The predicted octanol–water partition coefficient (Wildman–Crippen LogP) is 4.65. The van der Waals surface area contributed by atoms with Crippen molar-refractivity contribution in [2.75, 3.05) is 4.90 Å². The summed E-state index contributed by atoms with van der Waals surface area (Å²) in [6.07, 6.45) is 2.26. The van der Waals surface area contributed by atoms with Gasteiger partial charge in [-0.1, -0.05) is 42.5 Å². The third-order valence-corrected chi connectivity index (χ3v) is 4.90. The molecule has 1 saturated carbocycles. The Hall–Kier alpha value is -2.11. The molecule has 0 radical (unpaired) electrons. The molecular weight excluding hydrogens is 410 g/mol. The van der Waals surface area contributed by atoms with E-state index < -0.39 is 34.5 Å². The summed E-state index contributed by atoms with van der Waals surface area (Å²) < 4.78 is 41.2. The first kappa shape index (κ1) is 21.2. The Balaban J connectivity index is 2.61. The number of rotatable bonds is 4. The third-order valence-electron chi connectivity index (χ3n) is 4.30. The number of ether oxygens (including phenoxy) is 1. The molecular formula is C17H14Cl2F3NO4. The molecule has 0 saturated heterocycles. The second-order valence-electron chi connectivity index (χ2n) is 5.96. The van der Waals surface area contributed by atoms with E-state index in [1.807, 2.05) is 5.92 Å². The molecule has 1 aromatic rings. The van der Waals surface area contributed by atoms with Gasteiger partial charge in [-0.15, -0.1) is 19.6 Å². The summed E-state index contributed by atoms with van der Waals surface area (Å²) in [6, 6.07) is 1.71. The molecule has 10 heteroatoms. The first-order chi connectivity index (χ1) is 12.5. The van der Waals surface area contributed by atoms with Crippen LogP contribution in [0.4, 0.5) is 18.9 Å². The van der Waals surface area contributed by atoms with Gasteiger partial charge in [-0.2, -0.15) is 0 Å². The maximum absolute atomic E-state index is 12.5. The third kappa shape index (κ3) is 4.42. The summed E-state index contributed by atoms with van der Waals surface area (Å²) in [5.41, 5.74) is -1.86. The van der Waals surface area contributed by atoms with E-state index in [0.29, 0.717) is 12.8 Å². The average Bonchev–Trinajstić information content (AvgIpc) is 2.58. The van der Waals surface area contributed by atoms with E-state index in [4.69, 9.17) is 29.6 Å². The molecule has 5 nitrogen and oxygen atoms in total. The molecule has 0 aliphatic heterocycles. The molecule has 1 N–H and O–H groups in total. The maximum atomic E-state index is 12.5. The monoisotopic (exact) mass is 423 g/mol. The minimum Gasteiger partial charge on any atom is -0.479 e. The lowest BCUT2D eigenvalue weighted by Crippen LogP contribution is -2.58. The summed E-state index contributed by atoms with van der Waals surface area (Å²) >= 11 is 11.9. The van der Waals surface area contributed by atoms with E-state index >= 15 is 0 Å². The Labute approximate surface area is 163 Å². The highest BCUT2D eigenvalue weighted by Gasteiger charge is 2.48. The van der Waals surface area contributed by atoms with Crippen molar-refractivity contribution in [3.8, 4) is 18.1 Å². The molecule has 1 aliphatic carbocycles. The predicted molar refractivity (Wildman–Crippen MR) is 92.9 cm³/mol. The SMILES string of the molecule is C#CC(=O)N(c1cc(Cl)c(OC(F)(F)F)cc1Cl)C1(C(=O)O)CCCCC1. The molecule has 2 rings (SSSR count).